The van der Waals surface area contributed by atoms with E-state index in [0.717, 1.165) is 0 Å². The van der Waals surface area contributed by atoms with E-state index in [4.69, 9.17) is 17.4 Å². The normalized spacial score (nSPS) is 25.0. The molecule has 2 atom stereocenters. The molecule has 2 unspecified atom stereocenters. The van der Waals surface area contributed by atoms with Crippen molar-refractivity contribution in [2.45, 2.75) is 30.8 Å². The van der Waals surface area contributed by atoms with Crippen LogP contribution in [0.3, 0.4) is 0 Å². The van der Waals surface area contributed by atoms with Crippen LogP contribution in [0, 0.1) is 0 Å². The van der Waals surface area contributed by atoms with Gasteiger partial charge in [0.1, 0.15) is 4.90 Å². The molecule has 0 aromatic carbocycles. The fourth-order valence-corrected chi connectivity index (χ4v) is 4.23. The Labute approximate surface area is 130 Å². The molecule has 2 rings (SSSR count). The number of rotatable bonds is 3. The van der Waals surface area contributed by atoms with Gasteiger partial charge in [0.15, 0.2) is 5.82 Å². The van der Waals surface area contributed by atoms with Crippen LogP contribution in [-0.4, -0.2) is 54.8 Å². The molecule has 3 N–H and O–H groups in total. The van der Waals surface area contributed by atoms with Gasteiger partial charge in [-0.2, -0.15) is 4.31 Å². The van der Waals surface area contributed by atoms with Crippen LogP contribution in [0.1, 0.15) is 13.8 Å². The SMILES string of the molecule is CC1CN(S(=O)(=O)c2cnc(NN)c(Cl)c2)CC(C)N1C. The van der Waals surface area contributed by atoms with Gasteiger partial charge in [0.25, 0.3) is 0 Å². The zero-order valence-electron chi connectivity index (χ0n) is 12.2. The van der Waals surface area contributed by atoms with Crippen molar-refractivity contribution in [1.29, 1.82) is 0 Å². The summed E-state index contributed by atoms with van der Waals surface area (Å²) in [5.74, 6) is 5.49. The van der Waals surface area contributed by atoms with E-state index >= 15 is 0 Å². The molecule has 0 spiro atoms. The van der Waals surface area contributed by atoms with Gasteiger partial charge in [0, 0.05) is 31.4 Å². The van der Waals surface area contributed by atoms with Crippen LogP contribution in [0.2, 0.25) is 5.02 Å². The van der Waals surface area contributed by atoms with Crippen molar-refractivity contribution in [3.8, 4) is 0 Å². The molecule has 0 radical (unpaired) electrons. The predicted molar refractivity (Wildman–Crippen MR) is 82.5 cm³/mol. The number of nitrogens with two attached hydrogens (primary N) is 1. The van der Waals surface area contributed by atoms with Gasteiger partial charge in [-0.1, -0.05) is 11.6 Å². The lowest BCUT2D eigenvalue weighted by molar-refractivity contribution is 0.105. The summed E-state index contributed by atoms with van der Waals surface area (Å²) in [5.41, 5.74) is 2.32. The van der Waals surface area contributed by atoms with Gasteiger partial charge in [0.05, 0.1) is 5.02 Å². The van der Waals surface area contributed by atoms with Crippen LogP contribution in [0.15, 0.2) is 17.2 Å². The second-order valence-electron chi connectivity index (χ2n) is 5.33. The van der Waals surface area contributed by atoms with Crippen LogP contribution in [0.25, 0.3) is 0 Å². The van der Waals surface area contributed by atoms with Crippen molar-refractivity contribution in [2.24, 2.45) is 5.84 Å². The van der Waals surface area contributed by atoms with Crippen LogP contribution in [0.4, 0.5) is 5.82 Å². The standard InChI is InChI=1S/C12H20ClN5O2S/c1-8-6-18(7-9(2)17(8)3)21(19,20)10-4-11(13)12(16-14)15-5-10/h4-5,8-9H,6-7,14H2,1-3H3,(H,15,16). The number of nitrogens with zero attached hydrogens (tertiary/aromatic N) is 3. The highest BCUT2D eigenvalue weighted by Crippen LogP contribution is 2.26. The molecule has 0 aliphatic carbocycles. The molecule has 0 bridgehead atoms. The van der Waals surface area contributed by atoms with Crippen LogP contribution < -0.4 is 11.3 Å². The maximum atomic E-state index is 12.7. The van der Waals surface area contributed by atoms with Gasteiger partial charge < -0.3 is 5.43 Å². The molecule has 9 heteroatoms. The minimum Gasteiger partial charge on any atom is -0.307 e. The van der Waals surface area contributed by atoms with E-state index in [9.17, 15) is 8.42 Å². The van der Waals surface area contributed by atoms with Crippen LogP contribution in [0.5, 0.6) is 0 Å². The number of hydrazine groups is 1. The molecule has 118 valence electrons. The number of pyridine rings is 1. The van der Waals surface area contributed by atoms with E-state index in [0.29, 0.717) is 13.1 Å². The number of sulfonamides is 1. The smallest absolute Gasteiger partial charge is 0.244 e. The van der Waals surface area contributed by atoms with E-state index < -0.39 is 10.0 Å². The molecule has 1 aliphatic heterocycles. The first-order valence-electron chi connectivity index (χ1n) is 6.61. The summed E-state index contributed by atoms with van der Waals surface area (Å²) in [6.07, 6.45) is 1.27. The maximum Gasteiger partial charge on any atom is 0.244 e. The van der Waals surface area contributed by atoms with E-state index in [-0.39, 0.29) is 27.8 Å². The lowest BCUT2D eigenvalue weighted by Gasteiger charge is -2.41. The van der Waals surface area contributed by atoms with Gasteiger partial charge in [0.2, 0.25) is 10.0 Å². The topological polar surface area (TPSA) is 91.6 Å². The van der Waals surface area contributed by atoms with Crippen molar-refractivity contribution in [3.63, 3.8) is 0 Å². The number of piperazine rings is 1. The summed E-state index contributed by atoms with van der Waals surface area (Å²) < 4.78 is 26.9. The highest BCUT2D eigenvalue weighted by molar-refractivity contribution is 7.89. The number of nitrogens with one attached hydrogen (secondary N) is 1. The minimum atomic E-state index is -3.61. The van der Waals surface area contributed by atoms with Crippen LogP contribution >= 0.6 is 11.6 Å². The number of aromatic nitrogens is 1. The first-order chi connectivity index (χ1) is 9.77. The van der Waals surface area contributed by atoms with Crippen molar-refractivity contribution in [1.82, 2.24) is 14.2 Å². The summed E-state index contributed by atoms with van der Waals surface area (Å²) in [7, 11) is -1.61. The van der Waals surface area contributed by atoms with Gasteiger partial charge >= 0.3 is 0 Å². The number of nitrogen functional groups attached to an aromatic ring is 1. The second-order valence-corrected chi connectivity index (χ2v) is 7.68. The number of hydrogen-bond acceptors (Lipinski definition) is 6. The first kappa shape index (κ1) is 16.4. The predicted octanol–water partition coefficient (Wildman–Crippen LogP) is 0.734. The van der Waals surface area contributed by atoms with Crippen molar-refractivity contribution >= 4 is 27.4 Å². The fourth-order valence-electron chi connectivity index (χ4n) is 2.37. The molecule has 2 heterocycles. The molecule has 1 saturated heterocycles. The minimum absolute atomic E-state index is 0.0791. The molecule has 1 aliphatic rings. The van der Waals surface area contributed by atoms with Crippen LogP contribution in [-0.2, 0) is 10.0 Å². The van der Waals surface area contributed by atoms with E-state index in [1.165, 1.54) is 16.6 Å². The first-order valence-corrected chi connectivity index (χ1v) is 8.43. The lowest BCUT2D eigenvalue weighted by Crippen LogP contribution is -2.56. The Hall–Kier alpha value is -0.930. The Kier molecular flexibility index (Phi) is 4.74. The molecule has 1 aromatic heterocycles. The largest absolute Gasteiger partial charge is 0.307 e. The van der Waals surface area contributed by atoms with E-state index in [1.54, 1.807) is 0 Å². The molecule has 1 fully saturated rings. The Morgan fingerprint density at radius 3 is 2.43 bits per heavy atom. The Balaban J connectivity index is 2.32. The maximum absolute atomic E-state index is 12.7. The molecular weight excluding hydrogens is 314 g/mol. The molecule has 7 nitrogen and oxygen atoms in total. The van der Waals surface area contributed by atoms with Gasteiger partial charge in [-0.05, 0) is 27.0 Å². The quantitative estimate of drug-likeness (QED) is 0.626. The Morgan fingerprint density at radius 2 is 1.95 bits per heavy atom. The molecule has 0 saturated carbocycles. The molecule has 1 aromatic rings. The summed E-state index contributed by atoms with van der Waals surface area (Å²) in [5, 5.41) is 0.175. The fraction of sp³-hybridized carbons (Fsp3) is 0.583. The highest BCUT2D eigenvalue weighted by atomic mass is 35.5. The lowest BCUT2D eigenvalue weighted by atomic mass is 10.1. The zero-order valence-corrected chi connectivity index (χ0v) is 13.8. The molecule has 0 amide bonds. The third kappa shape index (κ3) is 3.14. The van der Waals surface area contributed by atoms with Gasteiger partial charge in [-0.15, -0.1) is 0 Å². The average molecular weight is 334 g/mol. The van der Waals surface area contributed by atoms with Crippen molar-refractivity contribution < 1.29 is 8.42 Å². The third-order valence-electron chi connectivity index (χ3n) is 3.92. The monoisotopic (exact) mass is 333 g/mol. The number of hydrogen-bond donors (Lipinski definition) is 2. The van der Waals surface area contributed by atoms with Gasteiger partial charge in [-0.25, -0.2) is 19.2 Å². The highest BCUT2D eigenvalue weighted by Gasteiger charge is 2.34. The average Bonchev–Trinajstić information content (AvgIpc) is 2.44. The zero-order chi connectivity index (χ0) is 15.8. The second kappa shape index (κ2) is 6.05. The molecule has 21 heavy (non-hydrogen) atoms. The summed E-state index contributed by atoms with van der Waals surface area (Å²) in [6.45, 7) is 4.89. The summed E-state index contributed by atoms with van der Waals surface area (Å²) in [6, 6.07) is 1.67. The summed E-state index contributed by atoms with van der Waals surface area (Å²) >= 11 is 5.96. The van der Waals surface area contributed by atoms with Crippen molar-refractivity contribution in [3.05, 3.63) is 17.3 Å². The number of likely N-dealkylation sites (N-methyl/N-ethyl adjacent to an activating group) is 1. The summed E-state index contributed by atoms with van der Waals surface area (Å²) in [4.78, 5) is 6.17. The van der Waals surface area contributed by atoms with Gasteiger partial charge in [-0.3, -0.25) is 4.90 Å². The number of anilines is 1. The Bertz CT molecular complexity index is 612. The Morgan fingerprint density at radius 1 is 1.38 bits per heavy atom. The molecular formula is C12H20ClN5O2S. The third-order valence-corrected chi connectivity index (χ3v) is 6.00. The number of halogens is 1. The van der Waals surface area contributed by atoms with E-state index in [1.807, 2.05) is 20.9 Å². The van der Waals surface area contributed by atoms with Crippen molar-refractivity contribution in [2.75, 3.05) is 25.6 Å². The van der Waals surface area contributed by atoms with E-state index in [2.05, 4.69) is 15.3 Å².